The molecule has 0 aliphatic carbocycles. The Bertz CT molecular complexity index is 2540. The van der Waals surface area contributed by atoms with E-state index in [9.17, 15) is 0 Å². The summed E-state index contributed by atoms with van der Waals surface area (Å²) in [6.45, 7) is 20.5. The number of pyridine rings is 2. The van der Waals surface area contributed by atoms with Gasteiger partial charge in [-0.25, -0.2) is 10.5 Å². The topological polar surface area (TPSA) is 86.5 Å². The summed E-state index contributed by atoms with van der Waals surface area (Å²) >= 11 is 0. The average molecular weight is 949 g/mol. The smallest absolute Gasteiger partial charge is 0.242 e. The number of para-hydroxylation sites is 2. The van der Waals surface area contributed by atoms with Crippen molar-refractivity contribution in [1.29, 1.82) is 10.5 Å². The fourth-order valence-electron chi connectivity index (χ4n) is 6.49. The van der Waals surface area contributed by atoms with E-state index in [0.29, 0.717) is 16.8 Å². The maximum atomic E-state index is 9.14. The second-order valence-electron chi connectivity index (χ2n) is 16.4. The average Bonchev–Trinajstić information content (AvgIpc) is 3.57. The van der Waals surface area contributed by atoms with Crippen LogP contribution in [0.2, 0.25) is 0 Å². The minimum absolute atomic E-state index is 0. The zero-order valence-corrected chi connectivity index (χ0v) is 37.0. The Labute approximate surface area is 362 Å². The number of hydrogen-bond acceptors (Lipinski definition) is 4. The minimum Gasteiger partial charge on any atom is -0.342 e. The Morgan fingerprint density at radius 2 is 1.22 bits per heavy atom. The summed E-state index contributed by atoms with van der Waals surface area (Å²) in [4.78, 5) is 13.4. The first-order valence-corrected chi connectivity index (χ1v) is 19.4. The second-order valence-corrected chi connectivity index (χ2v) is 16.4. The molecule has 0 unspecified atom stereocenters. The van der Waals surface area contributed by atoms with Gasteiger partial charge >= 0.3 is 0 Å². The van der Waals surface area contributed by atoms with Gasteiger partial charge in [-0.2, -0.15) is 29.1 Å². The van der Waals surface area contributed by atoms with Crippen LogP contribution in [0.25, 0.3) is 44.1 Å². The van der Waals surface area contributed by atoms with E-state index in [-0.39, 0.29) is 30.9 Å². The van der Waals surface area contributed by atoms with Crippen molar-refractivity contribution in [2.24, 2.45) is 7.05 Å². The second kappa shape index (κ2) is 19.0. The van der Waals surface area contributed by atoms with Gasteiger partial charge < -0.3 is 19.1 Å². The number of unbranched alkanes of at least 4 members (excludes halogenated alkanes) is 1. The standard InChI is InChI=1S/C36H36N4.C15H10N3.Ir/c1-35(2,3)28-20-31(39-33(22-28)26-14-12-25(24-37)13-15-26)10-8-9-11-32-21-29(36(4,5)6)23-34(40-32)27-16-18-30(38-7)19-17-27;1-17-11-18(15-5-3-2-4-14(15)17)13-8-6-12(10-16)7-9-13;/h12-14,16,18-23H,8-11H2,1-6H3;2-8H,1H3;/q-2;-1;. The maximum absolute atomic E-state index is 9.14. The molecule has 0 aliphatic rings. The zero-order chi connectivity index (χ0) is 41.5. The summed E-state index contributed by atoms with van der Waals surface area (Å²) < 4.78 is 3.89. The van der Waals surface area contributed by atoms with Crippen LogP contribution in [-0.4, -0.2) is 14.5 Å². The first kappa shape index (κ1) is 43.9. The molecule has 7 aromatic rings. The molecular weight excluding hydrogens is 903 g/mol. The van der Waals surface area contributed by atoms with E-state index in [2.05, 4.69) is 107 Å². The fourth-order valence-corrected chi connectivity index (χ4v) is 6.49. The van der Waals surface area contributed by atoms with Gasteiger partial charge in [0.15, 0.2) is 0 Å². The number of nitrogens with zero attached hydrogens (tertiary/aromatic N) is 7. The molecule has 297 valence electrons. The predicted octanol–water partition coefficient (Wildman–Crippen LogP) is 10.9. The predicted molar refractivity (Wildman–Crippen MR) is 229 cm³/mol. The third kappa shape index (κ3) is 11.0. The van der Waals surface area contributed by atoms with Gasteiger partial charge in [-0.3, -0.25) is 0 Å². The van der Waals surface area contributed by atoms with E-state index in [1.807, 2.05) is 70.8 Å². The molecule has 59 heavy (non-hydrogen) atoms. The summed E-state index contributed by atoms with van der Waals surface area (Å²) in [6, 6.07) is 47.0. The van der Waals surface area contributed by atoms with Gasteiger partial charge in [0.25, 0.3) is 0 Å². The molecule has 3 heterocycles. The summed E-state index contributed by atoms with van der Waals surface area (Å²) in [6.07, 6.45) is 6.99. The Kier molecular flexibility index (Phi) is 14.1. The van der Waals surface area contributed by atoms with Crippen molar-refractivity contribution < 1.29 is 24.7 Å². The van der Waals surface area contributed by atoms with Gasteiger partial charge in [-0.15, -0.1) is 47.5 Å². The molecule has 8 heteroatoms. The Balaban J connectivity index is 0.000000289. The zero-order valence-electron chi connectivity index (χ0n) is 34.6. The number of aromatic nitrogens is 4. The summed E-state index contributed by atoms with van der Waals surface area (Å²) in [5.41, 5.74) is 13.1. The molecule has 0 spiro atoms. The number of imidazole rings is 1. The van der Waals surface area contributed by atoms with Gasteiger partial charge in [0.2, 0.25) is 12.0 Å². The SMILES string of the molecule is C[n+]1[c-]n(-c2[c-]cc(C#N)cc2)c2ccccc21.[C-]#[N+]c1c[c-]c(-c2cc(C(C)(C)C)cc(CCCCc3cc(C(C)(C)C)cc(-c4[c-]cc(C#N)cc4)n3)n2)cc1.[Ir]. The molecule has 0 amide bonds. The van der Waals surface area contributed by atoms with Crippen LogP contribution in [0.1, 0.15) is 88.0 Å². The number of nitriles is 2. The maximum Gasteiger partial charge on any atom is 0.242 e. The minimum atomic E-state index is -0.00324. The molecule has 0 bridgehead atoms. The molecule has 0 N–H and O–H groups in total. The molecule has 0 saturated carbocycles. The van der Waals surface area contributed by atoms with Gasteiger partial charge in [0.1, 0.15) is 6.57 Å². The summed E-state index contributed by atoms with van der Waals surface area (Å²) in [5, 5.41) is 17.9. The molecule has 0 atom stereocenters. The van der Waals surface area contributed by atoms with E-state index in [1.165, 1.54) is 11.1 Å². The molecule has 0 aliphatic heterocycles. The van der Waals surface area contributed by atoms with Gasteiger partial charge in [-0.05, 0) is 76.7 Å². The molecule has 1 radical (unpaired) electrons. The molecular formula is C51H46IrN7-3. The van der Waals surface area contributed by atoms with Gasteiger partial charge in [0, 0.05) is 43.6 Å². The van der Waals surface area contributed by atoms with Crippen molar-refractivity contribution >= 4 is 16.7 Å². The molecule has 0 fully saturated rings. The molecule has 0 saturated heterocycles. The molecule has 7 rings (SSSR count). The quantitative estimate of drug-likeness (QED) is 0.0863. The number of hydrogen-bond donors (Lipinski definition) is 0. The van der Waals surface area contributed by atoms with Crippen molar-refractivity contribution in [2.45, 2.75) is 78.1 Å². The van der Waals surface area contributed by atoms with E-state index >= 15 is 0 Å². The van der Waals surface area contributed by atoms with Crippen LogP contribution in [0.5, 0.6) is 0 Å². The number of fused-ring (bicyclic) bond motifs is 1. The van der Waals surface area contributed by atoms with E-state index < -0.39 is 0 Å². The third-order valence-electron chi connectivity index (χ3n) is 9.92. The summed E-state index contributed by atoms with van der Waals surface area (Å²) in [7, 11) is 1.96. The van der Waals surface area contributed by atoms with Crippen LogP contribution >= 0.6 is 0 Å². The normalized spacial score (nSPS) is 11.1. The number of benzene rings is 4. The molecule has 7 nitrogen and oxygen atoms in total. The molecule has 4 aromatic carbocycles. The van der Waals surface area contributed by atoms with E-state index in [0.717, 1.165) is 76.3 Å². The van der Waals surface area contributed by atoms with Crippen molar-refractivity contribution in [3.8, 4) is 40.3 Å². The first-order chi connectivity index (χ1) is 27.7. The van der Waals surface area contributed by atoms with Crippen molar-refractivity contribution in [1.82, 2.24) is 14.5 Å². The fraction of sp³-hybridized carbons (Fsp3) is 0.255. The van der Waals surface area contributed by atoms with Gasteiger partial charge in [0.05, 0.1) is 18.1 Å². The van der Waals surface area contributed by atoms with E-state index in [1.54, 1.807) is 24.3 Å². The number of rotatable bonds is 8. The van der Waals surface area contributed by atoms with Crippen molar-refractivity contribution in [2.75, 3.05) is 0 Å². The Morgan fingerprint density at radius 3 is 1.68 bits per heavy atom. The number of aryl methyl sites for hydroxylation is 3. The summed E-state index contributed by atoms with van der Waals surface area (Å²) in [5.74, 6) is 0. The van der Waals surface area contributed by atoms with Crippen LogP contribution in [0.15, 0.2) is 103 Å². The third-order valence-corrected chi connectivity index (χ3v) is 9.92. The van der Waals surface area contributed by atoms with Gasteiger partial charge in [-0.1, -0.05) is 101 Å². The van der Waals surface area contributed by atoms with Crippen LogP contribution < -0.4 is 4.57 Å². The van der Waals surface area contributed by atoms with Crippen molar-refractivity contribution in [3.63, 3.8) is 0 Å². The van der Waals surface area contributed by atoms with Crippen LogP contribution in [-0.2, 0) is 50.8 Å². The van der Waals surface area contributed by atoms with E-state index in [4.69, 9.17) is 27.1 Å². The molecule has 3 aromatic heterocycles. The van der Waals surface area contributed by atoms with Crippen LogP contribution in [0.4, 0.5) is 5.69 Å². The van der Waals surface area contributed by atoms with Crippen LogP contribution in [0, 0.1) is 53.8 Å². The largest absolute Gasteiger partial charge is 0.342 e. The van der Waals surface area contributed by atoms with Crippen molar-refractivity contribution in [3.05, 3.63) is 173 Å². The monoisotopic (exact) mass is 949 g/mol. The first-order valence-electron chi connectivity index (χ1n) is 19.4. The Morgan fingerprint density at radius 1 is 0.695 bits per heavy atom. The Hall–Kier alpha value is -6.23. The van der Waals surface area contributed by atoms with Crippen LogP contribution in [0.3, 0.4) is 0 Å².